The highest BCUT2D eigenvalue weighted by atomic mass is 16.5. The zero-order valence-electron chi connectivity index (χ0n) is 10.8. The van der Waals surface area contributed by atoms with E-state index >= 15 is 0 Å². The summed E-state index contributed by atoms with van der Waals surface area (Å²) in [5.41, 5.74) is 0.567. The highest BCUT2D eigenvalue weighted by Gasteiger charge is 2.37. The zero-order valence-corrected chi connectivity index (χ0v) is 10.8. The number of nitrogens with zero attached hydrogens (tertiary/aromatic N) is 1. The molecule has 1 saturated carbocycles. The van der Waals surface area contributed by atoms with Gasteiger partial charge in [0.2, 0.25) is 6.41 Å². The molecule has 0 aliphatic heterocycles. The number of ether oxygens (including phenoxy) is 1. The lowest BCUT2D eigenvalue weighted by Crippen LogP contribution is -2.34. The van der Waals surface area contributed by atoms with E-state index < -0.39 is 12.0 Å². The SMILES string of the molecule is CCOc1cccc(C(C(=O)O)N(C=O)C2CC2)c1. The number of carboxylic acids is 1. The molecule has 0 aromatic heterocycles. The zero-order chi connectivity index (χ0) is 13.8. The van der Waals surface area contributed by atoms with E-state index in [0.29, 0.717) is 24.3 Å². The molecule has 1 atom stereocenters. The van der Waals surface area contributed by atoms with Crippen LogP contribution in [0.1, 0.15) is 31.4 Å². The molecule has 0 spiro atoms. The minimum absolute atomic E-state index is 0.0503. The van der Waals surface area contributed by atoms with E-state index in [0.717, 1.165) is 12.8 Å². The van der Waals surface area contributed by atoms with E-state index in [-0.39, 0.29) is 6.04 Å². The lowest BCUT2D eigenvalue weighted by molar-refractivity contribution is -0.147. The van der Waals surface area contributed by atoms with E-state index in [9.17, 15) is 14.7 Å². The molecule has 1 N–H and O–H groups in total. The minimum Gasteiger partial charge on any atom is -0.494 e. The largest absolute Gasteiger partial charge is 0.494 e. The van der Waals surface area contributed by atoms with E-state index in [4.69, 9.17) is 4.74 Å². The van der Waals surface area contributed by atoms with Crippen LogP contribution < -0.4 is 4.74 Å². The molecular formula is C14H17NO4. The topological polar surface area (TPSA) is 66.8 Å². The smallest absolute Gasteiger partial charge is 0.331 e. The van der Waals surface area contributed by atoms with Crippen molar-refractivity contribution < 1.29 is 19.4 Å². The molecule has 1 aromatic carbocycles. The first-order chi connectivity index (χ1) is 9.17. The van der Waals surface area contributed by atoms with Crippen LogP contribution in [0.15, 0.2) is 24.3 Å². The summed E-state index contributed by atoms with van der Waals surface area (Å²) in [6.45, 7) is 2.38. The fourth-order valence-electron chi connectivity index (χ4n) is 2.11. The normalized spacial score (nSPS) is 15.6. The summed E-state index contributed by atoms with van der Waals surface area (Å²) in [4.78, 5) is 24.0. The lowest BCUT2D eigenvalue weighted by atomic mass is 10.1. The number of carbonyl (C=O) groups is 2. The maximum absolute atomic E-state index is 11.5. The molecule has 0 saturated heterocycles. The average Bonchev–Trinajstić information content (AvgIpc) is 3.20. The Morgan fingerprint density at radius 3 is 2.84 bits per heavy atom. The van der Waals surface area contributed by atoms with Crippen LogP contribution in [0.4, 0.5) is 0 Å². The maximum Gasteiger partial charge on any atom is 0.331 e. The van der Waals surface area contributed by atoms with Crippen molar-refractivity contribution in [2.24, 2.45) is 0 Å². The number of benzene rings is 1. The first-order valence-corrected chi connectivity index (χ1v) is 6.35. The Morgan fingerprint density at radius 2 is 2.32 bits per heavy atom. The number of aliphatic carboxylic acids is 1. The third-order valence-electron chi connectivity index (χ3n) is 3.11. The van der Waals surface area contributed by atoms with Gasteiger partial charge < -0.3 is 14.7 Å². The number of amides is 1. The van der Waals surface area contributed by atoms with E-state index in [1.165, 1.54) is 4.90 Å². The van der Waals surface area contributed by atoms with Crippen molar-refractivity contribution in [3.63, 3.8) is 0 Å². The van der Waals surface area contributed by atoms with Gasteiger partial charge in [-0.1, -0.05) is 12.1 Å². The van der Waals surface area contributed by atoms with Gasteiger partial charge >= 0.3 is 5.97 Å². The van der Waals surface area contributed by atoms with Crippen molar-refractivity contribution in [1.29, 1.82) is 0 Å². The molecule has 5 heteroatoms. The second kappa shape index (κ2) is 5.73. The molecule has 19 heavy (non-hydrogen) atoms. The van der Waals surface area contributed by atoms with Crippen LogP contribution in [0.2, 0.25) is 0 Å². The number of carboxylic acid groups (broad SMARTS) is 1. The van der Waals surface area contributed by atoms with Gasteiger partial charge in [-0.3, -0.25) is 4.79 Å². The third kappa shape index (κ3) is 3.05. The second-order valence-electron chi connectivity index (χ2n) is 4.53. The van der Waals surface area contributed by atoms with Gasteiger partial charge in [0.05, 0.1) is 6.61 Å². The molecule has 0 bridgehead atoms. The summed E-state index contributed by atoms with van der Waals surface area (Å²) in [5, 5.41) is 9.38. The Bertz CT molecular complexity index is 470. The van der Waals surface area contributed by atoms with Crippen molar-refractivity contribution in [2.75, 3.05) is 6.61 Å². The van der Waals surface area contributed by atoms with Gasteiger partial charge in [0.1, 0.15) is 5.75 Å². The molecule has 1 amide bonds. The van der Waals surface area contributed by atoms with Gasteiger partial charge in [-0.2, -0.15) is 0 Å². The van der Waals surface area contributed by atoms with Crippen LogP contribution in [-0.4, -0.2) is 35.0 Å². The van der Waals surface area contributed by atoms with Crippen molar-refractivity contribution in [3.05, 3.63) is 29.8 Å². The van der Waals surface area contributed by atoms with Gasteiger partial charge in [0.15, 0.2) is 6.04 Å². The molecule has 1 aliphatic carbocycles. The Labute approximate surface area is 111 Å². The number of rotatable bonds is 7. The monoisotopic (exact) mass is 263 g/mol. The Balaban J connectivity index is 2.29. The van der Waals surface area contributed by atoms with E-state index in [1.54, 1.807) is 24.3 Å². The van der Waals surface area contributed by atoms with Crippen molar-refractivity contribution in [3.8, 4) is 5.75 Å². The number of hydrogen-bond acceptors (Lipinski definition) is 3. The fourth-order valence-corrected chi connectivity index (χ4v) is 2.11. The Hall–Kier alpha value is -2.04. The minimum atomic E-state index is -1.02. The van der Waals surface area contributed by atoms with Crippen molar-refractivity contribution in [1.82, 2.24) is 4.90 Å². The molecule has 1 aliphatic rings. The van der Waals surface area contributed by atoms with E-state index in [1.807, 2.05) is 6.92 Å². The molecule has 5 nitrogen and oxygen atoms in total. The first-order valence-electron chi connectivity index (χ1n) is 6.35. The Kier molecular flexibility index (Phi) is 4.04. The van der Waals surface area contributed by atoms with Gasteiger partial charge in [-0.25, -0.2) is 4.79 Å². The fraction of sp³-hybridized carbons (Fsp3) is 0.429. The molecule has 0 radical (unpaired) electrons. The molecule has 102 valence electrons. The second-order valence-corrected chi connectivity index (χ2v) is 4.53. The summed E-state index contributed by atoms with van der Waals surface area (Å²) in [6.07, 6.45) is 2.37. The van der Waals surface area contributed by atoms with Crippen molar-refractivity contribution in [2.45, 2.75) is 31.8 Å². The maximum atomic E-state index is 11.5. The van der Waals surface area contributed by atoms with E-state index in [2.05, 4.69) is 0 Å². The third-order valence-corrected chi connectivity index (χ3v) is 3.11. The highest BCUT2D eigenvalue weighted by Crippen LogP contribution is 2.34. The predicted molar refractivity (Wildman–Crippen MR) is 68.9 cm³/mol. The Morgan fingerprint density at radius 1 is 1.58 bits per heavy atom. The summed E-state index contributed by atoms with van der Waals surface area (Å²) >= 11 is 0. The first kappa shape index (κ1) is 13.4. The standard InChI is InChI=1S/C14H17NO4/c1-2-19-12-5-3-4-10(8-12)13(14(17)18)15(9-16)11-6-7-11/h3-5,8-9,11,13H,2,6-7H2,1H3,(H,17,18). The number of carbonyl (C=O) groups excluding carboxylic acids is 1. The molecular weight excluding hydrogens is 246 g/mol. The number of hydrogen-bond donors (Lipinski definition) is 1. The van der Waals surface area contributed by atoms with Crippen molar-refractivity contribution >= 4 is 12.4 Å². The van der Waals surface area contributed by atoms with Crippen LogP contribution in [0, 0.1) is 0 Å². The van der Waals surface area contributed by atoms with Gasteiger partial charge in [-0.05, 0) is 37.5 Å². The molecule has 2 rings (SSSR count). The van der Waals surface area contributed by atoms with Crippen LogP contribution in [0.3, 0.4) is 0 Å². The quantitative estimate of drug-likeness (QED) is 0.762. The predicted octanol–water partition coefficient (Wildman–Crippen LogP) is 1.83. The molecule has 0 heterocycles. The van der Waals surface area contributed by atoms with Crippen LogP contribution in [-0.2, 0) is 9.59 Å². The lowest BCUT2D eigenvalue weighted by Gasteiger charge is -2.25. The summed E-state index contributed by atoms with van der Waals surface area (Å²) in [7, 11) is 0. The average molecular weight is 263 g/mol. The van der Waals surface area contributed by atoms with Gasteiger partial charge in [0.25, 0.3) is 0 Å². The highest BCUT2D eigenvalue weighted by molar-refractivity contribution is 5.78. The van der Waals surface area contributed by atoms with Crippen LogP contribution in [0.25, 0.3) is 0 Å². The van der Waals surface area contributed by atoms with Crippen LogP contribution >= 0.6 is 0 Å². The summed E-state index contributed by atoms with van der Waals surface area (Å²) in [5.74, 6) is -0.402. The molecule has 1 unspecified atom stereocenters. The molecule has 1 fully saturated rings. The van der Waals surface area contributed by atoms with Gasteiger partial charge in [-0.15, -0.1) is 0 Å². The van der Waals surface area contributed by atoms with Gasteiger partial charge in [0, 0.05) is 6.04 Å². The summed E-state index contributed by atoms with van der Waals surface area (Å²) in [6, 6.07) is 6.02. The summed E-state index contributed by atoms with van der Waals surface area (Å²) < 4.78 is 5.37. The van der Waals surface area contributed by atoms with Crippen LogP contribution in [0.5, 0.6) is 5.75 Å². The molecule has 1 aromatic rings.